The first-order valence-corrected chi connectivity index (χ1v) is 17.4. The largest absolute Gasteiger partial charge is 0.456 e. The maximum atomic E-state index is 6.39. The summed E-state index contributed by atoms with van der Waals surface area (Å²) in [5, 5.41) is 7.28. The Bertz CT molecular complexity index is 2840. The van der Waals surface area contributed by atoms with Crippen LogP contribution in [0.15, 0.2) is 180 Å². The van der Waals surface area contributed by atoms with Crippen LogP contribution in [0.3, 0.4) is 0 Å². The topological polar surface area (TPSA) is 16.4 Å². The van der Waals surface area contributed by atoms with Crippen LogP contribution in [-0.2, 0) is 0 Å². The summed E-state index contributed by atoms with van der Waals surface area (Å²) in [5.74, 6) is 0. The molecule has 0 atom stereocenters. The van der Waals surface area contributed by atoms with Gasteiger partial charge in [0.15, 0.2) is 0 Å². The van der Waals surface area contributed by atoms with Crippen LogP contribution in [0.25, 0.3) is 75.1 Å². The molecule has 10 aromatic rings. The molecule has 0 bridgehead atoms. The summed E-state index contributed by atoms with van der Waals surface area (Å²) in [7, 11) is 0. The Morgan fingerprint density at radius 2 is 1.12 bits per heavy atom. The minimum atomic E-state index is 0.893. The summed E-state index contributed by atoms with van der Waals surface area (Å²) >= 11 is 1.86. The maximum absolute atomic E-state index is 6.39. The number of furan rings is 1. The molecule has 0 aliphatic carbocycles. The van der Waals surface area contributed by atoms with E-state index in [-0.39, 0.29) is 0 Å². The molecule has 2 aromatic heterocycles. The number of hydrogen-bond acceptors (Lipinski definition) is 3. The highest BCUT2D eigenvalue weighted by Gasteiger charge is 2.21. The van der Waals surface area contributed by atoms with Gasteiger partial charge in [-0.25, -0.2) is 0 Å². The van der Waals surface area contributed by atoms with Gasteiger partial charge in [-0.1, -0.05) is 121 Å². The SMILES string of the molecule is c1ccc(-c2ccc(N(c3ccc4ccccc4c3)c3cccc4c3sc3ccccc34)cc2-c2ccc3c(c2)oc2ccccc23)cc1. The summed E-state index contributed by atoms with van der Waals surface area (Å²) in [6.45, 7) is 0. The van der Waals surface area contributed by atoms with Gasteiger partial charge in [0.1, 0.15) is 11.2 Å². The third-order valence-corrected chi connectivity index (χ3v) is 10.9. The fourth-order valence-corrected chi connectivity index (χ4v) is 8.53. The molecule has 0 fully saturated rings. The molecular formula is C46H29NOS. The van der Waals surface area contributed by atoms with Crippen molar-refractivity contribution in [1.82, 2.24) is 0 Å². The van der Waals surface area contributed by atoms with E-state index in [1.807, 2.05) is 23.5 Å². The van der Waals surface area contributed by atoms with E-state index in [9.17, 15) is 0 Å². The lowest BCUT2D eigenvalue weighted by Crippen LogP contribution is -2.10. The zero-order valence-corrected chi connectivity index (χ0v) is 27.3. The van der Waals surface area contributed by atoms with Crippen LogP contribution in [-0.4, -0.2) is 0 Å². The number of nitrogens with zero attached hydrogens (tertiary/aromatic N) is 1. The van der Waals surface area contributed by atoms with Crippen molar-refractivity contribution in [2.75, 3.05) is 4.90 Å². The first-order chi connectivity index (χ1) is 24.3. The van der Waals surface area contributed by atoms with Crippen LogP contribution in [0.5, 0.6) is 0 Å². The molecule has 230 valence electrons. The van der Waals surface area contributed by atoms with Crippen LogP contribution in [0.2, 0.25) is 0 Å². The summed E-state index contributed by atoms with van der Waals surface area (Å²) < 4.78 is 8.95. The van der Waals surface area contributed by atoms with Crippen molar-refractivity contribution in [1.29, 1.82) is 0 Å². The Labute approximate surface area is 287 Å². The quantitative estimate of drug-likeness (QED) is 0.186. The second kappa shape index (κ2) is 11.2. The van der Waals surface area contributed by atoms with Crippen molar-refractivity contribution in [3.05, 3.63) is 176 Å². The third kappa shape index (κ3) is 4.62. The predicted octanol–water partition coefficient (Wildman–Crippen LogP) is 13.9. The van der Waals surface area contributed by atoms with Crippen LogP contribution in [0.1, 0.15) is 0 Å². The Hall–Kier alpha value is -6.16. The molecule has 0 radical (unpaired) electrons. The Morgan fingerprint density at radius 3 is 2.04 bits per heavy atom. The molecule has 0 saturated heterocycles. The zero-order valence-electron chi connectivity index (χ0n) is 26.5. The number of anilines is 3. The van der Waals surface area contributed by atoms with Gasteiger partial charge in [-0.05, 0) is 87.6 Å². The number of rotatable bonds is 5. The van der Waals surface area contributed by atoms with Gasteiger partial charge in [0, 0.05) is 37.6 Å². The van der Waals surface area contributed by atoms with Crippen LogP contribution >= 0.6 is 11.3 Å². The van der Waals surface area contributed by atoms with E-state index in [4.69, 9.17) is 4.42 Å². The first-order valence-electron chi connectivity index (χ1n) is 16.6. The lowest BCUT2D eigenvalue weighted by molar-refractivity contribution is 0.669. The molecule has 2 heterocycles. The summed E-state index contributed by atoms with van der Waals surface area (Å²) in [4.78, 5) is 2.43. The van der Waals surface area contributed by atoms with E-state index in [2.05, 4.69) is 169 Å². The van der Waals surface area contributed by atoms with Gasteiger partial charge in [-0.2, -0.15) is 0 Å². The van der Waals surface area contributed by atoms with E-state index >= 15 is 0 Å². The van der Waals surface area contributed by atoms with Gasteiger partial charge in [-0.15, -0.1) is 11.3 Å². The molecule has 0 unspecified atom stereocenters. The first kappa shape index (κ1) is 27.9. The molecular weight excluding hydrogens is 615 g/mol. The van der Waals surface area contributed by atoms with Gasteiger partial charge >= 0.3 is 0 Å². The Balaban J connectivity index is 1.24. The molecule has 8 aromatic carbocycles. The Kier molecular flexibility index (Phi) is 6.39. The van der Waals surface area contributed by atoms with Crippen LogP contribution in [0.4, 0.5) is 17.1 Å². The van der Waals surface area contributed by atoms with E-state index in [1.165, 1.54) is 47.8 Å². The smallest absolute Gasteiger partial charge is 0.136 e. The molecule has 0 aliphatic heterocycles. The molecule has 10 rings (SSSR count). The van der Waals surface area contributed by atoms with Gasteiger partial charge in [-0.3, -0.25) is 0 Å². The third-order valence-electron chi connectivity index (χ3n) is 9.65. The second-order valence-electron chi connectivity index (χ2n) is 12.5. The molecule has 0 N–H and O–H groups in total. The molecule has 0 saturated carbocycles. The average Bonchev–Trinajstić information content (AvgIpc) is 3.74. The Morgan fingerprint density at radius 1 is 0.408 bits per heavy atom. The fraction of sp³-hybridized carbons (Fsp3) is 0. The zero-order chi connectivity index (χ0) is 32.3. The monoisotopic (exact) mass is 643 g/mol. The van der Waals surface area contributed by atoms with E-state index in [1.54, 1.807) is 0 Å². The van der Waals surface area contributed by atoms with Gasteiger partial charge in [0.2, 0.25) is 0 Å². The van der Waals surface area contributed by atoms with Crippen molar-refractivity contribution >= 4 is 81.3 Å². The number of fused-ring (bicyclic) bond motifs is 7. The molecule has 0 amide bonds. The van der Waals surface area contributed by atoms with Crippen LogP contribution < -0.4 is 4.90 Å². The lowest BCUT2D eigenvalue weighted by Gasteiger charge is -2.27. The standard InChI is InChI=1S/C46H29NOS/c1-2-12-31(13-3-1)36-26-24-35(29-41(36)33-22-25-38-37-15-6-8-19-43(37)48-44(38)28-33)47(34-23-21-30-11-4-5-14-32(30)27-34)42-18-10-17-40-39-16-7-9-20-45(39)49-46(40)42/h1-29H. The lowest BCUT2D eigenvalue weighted by atomic mass is 9.93. The number of hydrogen-bond donors (Lipinski definition) is 0. The highest BCUT2D eigenvalue weighted by molar-refractivity contribution is 7.26. The molecule has 3 heteroatoms. The minimum absolute atomic E-state index is 0.893. The van der Waals surface area contributed by atoms with Gasteiger partial charge in [0.25, 0.3) is 0 Å². The number of para-hydroxylation sites is 1. The fourth-order valence-electron chi connectivity index (χ4n) is 7.32. The van der Waals surface area contributed by atoms with E-state index in [0.717, 1.165) is 44.4 Å². The maximum Gasteiger partial charge on any atom is 0.136 e. The highest BCUT2D eigenvalue weighted by atomic mass is 32.1. The van der Waals surface area contributed by atoms with Crippen molar-refractivity contribution in [2.24, 2.45) is 0 Å². The molecule has 2 nitrogen and oxygen atoms in total. The van der Waals surface area contributed by atoms with E-state index in [0.29, 0.717) is 0 Å². The average molecular weight is 644 g/mol. The van der Waals surface area contributed by atoms with Crippen molar-refractivity contribution in [2.45, 2.75) is 0 Å². The van der Waals surface area contributed by atoms with Crippen molar-refractivity contribution < 1.29 is 4.42 Å². The summed E-state index contributed by atoms with van der Waals surface area (Å²) in [5.41, 5.74) is 9.81. The summed E-state index contributed by atoms with van der Waals surface area (Å²) in [6, 6.07) is 63.3. The van der Waals surface area contributed by atoms with Gasteiger partial charge in [0.05, 0.1) is 10.4 Å². The molecule has 49 heavy (non-hydrogen) atoms. The predicted molar refractivity (Wildman–Crippen MR) is 210 cm³/mol. The molecule has 0 spiro atoms. The second-order valence-corrected chi connectivity index (χ2v) is 13.6. The highest BCUT2D eigenvalue weighted by Crippen LogP contribution is 2.47. The van der Waals surface area contributed by atoms with Crippen molar-refractivity contribution in [3.8, 4) is 22.3 Å². The molecule has 0 aliphatic rings. The number of thiophene rings is 1. The van der Waals surface area contributed by atoms with Gasteiger partial charge < -0.3 is 9.32 Å². The van der Waals surface area contributed by atoms with Crippen molar-refractivity contribution in [3.63, 3.8) is 0 Å². The summed E-state index contributed by atoms with van der Waals surface area (Å²) in [6.07, 6.45) is 0. The van der Waals surface area contributed by atoms with Crippen LogP contribution in [0, 0.1) is 0 Å². The normalized spacial score (nSPS) is 11.7. The minimum Gasteiger partial charge on any atom is -0.456 e. The van der Waals surface area contributed by atoms with E-state index < -0.39 is 0 Å². The number of benzene rings is 8.